The molecule has 0 aliphatic carbocycles. The van der Waals surface area contributed by atoms with Gasteiger partial charge in [-0.15, -0.1) is 0 Å². The molecule has 0 spiro atoms. The minimum Gasteiger partial charge on any atom is -0.467 e. The Balaban J connectivity index is 1.26. The first-order valence-corrected chi connectivity index (χ1v) is 13.5. The summed E-state index contributed by atoms with van der Waals surface area (Å²) in [6.45, 7) is 1.02. The highest BCUT2D eigenvalue weighted by Gasteiger charge is 2.19. The lowest BCUT2D eigenvalue weighted by Gasteiger charge is -2.22. The van der Waals surface area contributed by atoms with Crippen LogP contribution in [0.4, 0.5) is 5.13 Å². The molecule has 0 saturated heterocycles. The summed E-state index contributed by atoms with van der Waals surface area (Å²) in [6, 6.07) is 34.3. The third kappa shape index (κ3) is 7.17. The van der Waals surface area contributed by atoms with Crippen LogP contribution in [0.15, 0.2) is 114 Å². The van der Waals surface area contributed by atoms with Crippen LogP contribution in [0.3, 0.4) is 0 Å². The van der Waals surface area contributed by atoms with E-state index in [0.29, 0.717) is 25.9 Å². The molecule has 2 aromatic heterocycles. The fourth-order valence-corrected chi connectivity index (χ4v) is 5.06. The van der Waals surface area contributed by atoms with E-state index in [9.17, 15) is 4.79 Å². The number of hydrogen-bond acceptors (Lipinski definition) is 6. The number of carbonyl (C=O) groups excluding carboxylic acids is 1. The van der Waals surface area contributed by atoms with E-state index >= 15 is 0 Å². The summed E-state index contributed by atoms with van der Waals surface area (Å²) in [5, 5.41) is 4.05. The summed E-state index contributed by atoms with van der Waals surface area (Å²) in [5.74, 6) is 1.59. The van der Waals surface area contributed by atoms with Gasteiger partial charge in [-0.3, -0.25) is 4.79 Å². The van der Waals surface area contributed by atoms with Crippen LogP contribution >= 0.6 is 11.5 Å². The smallest absolute Gasteiger partial charge is 0.222 e. The van der Waals surface area contributed by atoms with Gasteiger partial charge in [0.25, 0.3) is 0 Å². The van der Waals surface area contributed by atoms with Crippen LogP contribution in [0.5, 0.6) is 0 Å². The number of aromatic nitrogens is 2. The molecule has 1 atom stereocenters. The molecule has 3 aromatic carbocycles. The maximum Gasteiger partial charge on any atom is 0.222 e. The first-order valence-electron chi connectivity index (χ1n) is 12.7. The molecule has 6 nitrogen and oxygen atoms in total. The zero-order chi connectivity index (χ0) is 26.0. The molecule has 1 amide bonds. The summed E-state index contributed by atoms with van der Waals surface area (Å²) < 4.78 is 10.2. The molecule has 5 aromatic rings. The molecule has 0 radical (unpaired) electrons. The molecule has 0 aliphatic rings. The molecule has 1 unspecified atom stereocenters. The molecule has 2 heterocycles. The van der Waals surface area contributed by atoms with Crippen LogP contribution in [-0.4, -0.2) is 21.8 Å². The molecule has 38 heavy (non-hydrogen) atoms. The summed E-state index contributed by atoms with van der Waals surface area (Å²) in [7, 11) is 0. The number of carbonyl (C=O) groups is 1. The van der Waals surface area contributed by atoms with Crippen molar-refractivity contribution in [3.63, 3.8) is 0 Å². The lowest BCUT2D eigenvalue weighted by atomic mass is 9.98. The Morgan fingerprint density at radius 3 is 2.24 bits per heavy atom. The van der Waals surface area contributed by atoms with Gasteiger partial charge in [0.15, 0.2) is 0 Å². The van der Waals surface area contributed by atoms with Gasteiger partial charge in [0.1, 0.15) is 11.6 Å². The predicted octanol–water partition coefficient (Wildman–Crippen LogP) is 6.22. The van der Waals surface area contributed by atoms with Crippen molar-refractivity contribution in [1.82, 2.24) is 14.7 Å². The van der Waals surface area contributed by atoms with Gasteiger partial charge < -0.3 is 14.6 Å². The fourth-order valence-electron chi connectivity index (χ4n) is 4.35. The molecule has 1 N–H and O–H groups in total. The third-order valence-electron chi connectivity index (χ3n) is 6.29. The Labute approximate surface area is 227 Å². The van der Waals surface area contributed by atoms with Crippen molar-refractivity contribution >= 4 is 22.6 Å². The highest BCUT2D eigenvalue weighted by molar-refractivity contribution is 7.09. The number of amides is 1. The highest BCUT2D eigenvalue weighted by Crippen LogP contribution is 2.23. The standard InChI is InChI=1S/C31H30N4O2S/c36-30(32-28(26-15-8-3-9-16-26)21-24-11-4-1-5-12-24)18-19-35(23-27-17-10-20-37-27)31-33-29(34-38-31)22-25-13-6-2-7-14-25/h1-17,20,28H,18-19,21-23H2,(H,32,36). The maximum atomic E-state index is 13.2. The van der Waals surface area contributed by atoms with Crippen molar-refractivity contribution in [1.29, 1.82) is 0 Å². The van der Waals surface area contributed by atoms with Gasteiger partial charge in [-0.1, -0.05) is 91.0 Å². The number of hydrogen-bond donors (Lipinski definition) is 1. The van der Waals surface area contributed by atoms with E-state index in [-0.39, 0.29) is 11.9 Å². The van der Waals surface area contributed by atoms with E-state index in [1.54, 1.807) is 6.26 Å². The fraction of sp³-hybridized carbons (Fsp3) is 0.194. The Morgan fingerprint density at radius 1 is 0.868 bits per heavy atom. The quantitative estimate of drug-likeness (QED) is 0.211. The van der Waals surface area contributed by atoms with E-state index < -0.39 is 0 Å². The second-order valence-electron chi connectivity index (χ2n) is 9.13. The first kappa shape index (κ1) is 25.4. The van der Waals surface area contributed by atoms with Crippen molar-refractivity contribution in [2.45, 2.75) is 31.8 Å². The second-order valence-corrected chi connectivity index (χ2v) is 9.86. The maximum absolute atomic E-state index is 13.2. The van der Waals surface area contributed by atoms with Crippen LogP contribution in [0.25, 0.3) is 0 Å². The number of benzene rings is 3. The minimum atomic E-state index is -0.108. The summed E-state index contributed by atoms with van der Waals surface area (Å²) in [5.41, 5.74) is 3.44. The molecule has 7 heteroatoms. The first-order chi connectivity index (χ1) is 18.7. The SMILES string of the molecule is O=C(CCN(Cc1ccco1)c1nc(Cc2ccccc2)ns1)NC(Cc1ccccc1)c1ccccc1. The predicted molar refractivity (Wildman–Crippen MR) is 151 cm³/mol. The molecule has 0 aliphatic heterocycles. The van der Waals surface area contributed by atoms with Crippen molar-refractivity contribution < 1.29 is 9.21 Å². The zero-order valence-corrected chi connectivity index (χ0v) is 21.9. The van der Waals surface area contributed by atoms with Gasteiger partial charge in [0, 0.05) is 30.9 Å². The van der Waals surface area contributed by atoms with E-state index in [1.807, 2.05) is 66.7 Å². The Bertz CT molecular complexity index is 1390. The number of nitrogens with one attached hydrogen (secondary N) is 1. The van der Waals surface area contributed by atoms with Gasteiger partial charge in [-0.05, 0) is 35.2 Å². The van der Waals surface area contributed by atoms with Crippen LogP contribution in [0.2, 0.25) is 0 Å². The lowest BCUT2D eigenvalue weighted by Crippen LogP contribution is -2.33. The number of rotatable bonds is 12. The van der Waals surface area contributed by atoms with E-state index in [1.165, 1.54) is 22.7 Å². The topological polar surface area (TPSA) is 71.3 Å². The van der Waals surface area contributed by atoms with E-state index in [4.69, 9.17) is 9.40 Å². The Hall–Kier alpha value is -4.23. The largest absolute Gasteiger partial charge is 0.467 e. The van der Waals surface area contributed by atoms with Gasteiger partial charge in [-0.25, -0.2) is 4.98 Å². The third-order valence-corrected chi connectivity index (χ3v) is 7.10. The van der Waals surface area contributed by atoms with Crippen LogP contribution in [0.1, 0.15) is 40.7 Å². The van der Waals surface area contributed by atoms with E-state index in [0.717, 1.165) is 28.7 Å². The van der Waals surface area contributed by atoms with Gasteiger partial charge >= 0.3 is 0 Å². The molecular formula is C31H30N4O2S. The van der Waals surface area contributed by atoms with Crippen molar-refractivity contribution in [3.05, 3.63) is 138 Å². The minimum absolute atomic E-state index is 0.00625. The highest BCUT2D eigenvalue weighted by atomic mass is 32.1. The van der Waals surface area contributed by atoms with Crippen LogP contribution in [-0.2, 0) is 24.2 Å². The summed E-state index contributed by atoms with van der Waals surface area (Å²) in [4.78, 5) is 20.1. The Kier molecular flexibility index (Phi) is 8.58. The zero-order valence-electron chi connectivity index (χ0n) is 21.1. The monoisotopic (exact) mass is 522 g/mol. The number of furan rings is 1. The van der Waals surface area contributed by atoms with Crippen molar-refractivity contribution in [2.24, 2.45) is 0 Å². The van der Waals surface area contributed by atoms with Gasteiger partial charge in [0.2, 0.25) is 11.0 Å². The van der Waals surface area contributed by atoms with Crippen molar-refractivity contribution in [2.75, 3.05) is 11.4 Å². The van der Waals surface area contributed by atoms with Gasteiger partial charge in [-0.2, -0.15) is 4.37 Å². The van der Waals surface area contributed by atoms with Gasteiger partial charge in [0.05, 0.1) is 18.8 Å². The van der Waals surface area contributed by atoms with Crippen LogP contribution < -0.4 is 10.2 Å². The average Bonchev–Trinajstić information content (AvgIpc) is 3.65. The number of nitrogens with zero attached hydrogens (tertiary/aromatic N) is 3. The molecule has 0 fully saturated rings. The molecular weight excluding hydrogens is 492 g/mol. The molecule has 0 bridgehead atoms. The molecule has 192 valence electrons. The molecule has 5 rings (SSSR count). The average molecular weight is 523 g/mol. The summed E-state index contributed by atoms with van der Waals surface area (Å²) >= 11 is 1.35. The van der Waals surface area contributed by atoms with Crippen molar-refractivity contribution in [3.8, 4) is 0 Å². The Morgan fingerprint density at radius 2 is 1.55 bits per heavy atom. The van der Waals surface area contributed by atoms with E-state index in [2.05, 4.69) is 51.0 Å². The normalized spacial score (nSPS) is 11.7. The molecule has 0 saturated carbocycles. The second kappa shape index (κ2) is 12.8. The number of anilines is 1. The van der Waals surface area contributed by atoms with Crippen LogP contribution in [0, 0.1) is 0 Å². The summed E-state index contributed by atoms with van der Waals surface area (Å²) in [6.07, 6.45) is 3.39. The lowest BCUT2D eigenvalue weighted by molar-refractivity contribution is -0.121.